The van der Waals surface area contributed by atoms with E-state index in [1.54, 1.807) is 31.4 Å². The molecule has 29 heavy (non-hydrogen) atoms. The Bertz CT molecular complexity index is 1320. The molecule has 0 aliphatic heterocycles. The third-order valence-corrected chi connectivity index (χ3v) is 4.73. The summed E-state index contributed by atoms with van der Waals surface area (Å²) < 4.78 is 5.42. The first-order valence-corrected chi connectivity index (χ1v) is 8.98. The Labute approximate surface area is 166 Å². The van der Waals surface area contributed by atoms with E-state index in [2.05, 4.69) is 20.7 Å². The molecule has 0 radical (unpaired) electrons. The Kier molecular flexibility index (Phi) is 4.78. The van der Waals surface area contributed by atoms with Crippen LogP contribution in [0.4, 0.5) is 0 Å². The van der Waals surface area contributed by atoms with Gasteiger partial charge in [0.2, 0.25) is 0 Å². The Morgan fingerprint density at radius 3 is 2.34 bits per heavy atom. The number of carbonyl (C=O) groups excluding carboxylic acids is 1. The lowest BCUT2D eigenvalue weighted by molar-refractivity contribution is 0.0950. The van der Waals surface area contributed by atoms with Gasteiger partial charge >= 0.3 is 0 Å². The van der Waals surface area contributed by atoms with Crippen LogP contribution in [0.3, 0.4) is 0 Å². The molecule has 0 atom stereocenters. The Morgan fingerprint density at radius 2 is 1.62 bits per heavy atom. The summed E-state index contributed by atoms with van der Waals surface area (Å²) in [6.45, 7) is 1.81. The SMILES string of the molecule is COc1ccc(/C(C)=N\NC(=O)c2n[nH]c(=O)c3ccccc23)c2ccccc12. The van der Waals surface area contributed by atoms with Crippen LogP contribution in [0.1, 0.15) is 23.0 Å². The van der Waals surface area contributed by atoms with E-state index in [9.17, 15) is 9.59 Å². The van der Waals surface area contributed by atoms with Crippen molar-refractivity contribution in [3.63, 3.8) is 0 Å². The number of fused-ring (bicyclic) bond motifs is 2. The molecule has 0 aliphatic rings. The molecule has 1 amide bonds. The van der Waals surface area contributed by atoms with Crippen molar-refractivity contribution in [3.8, 4) is 5.75 Å². The van der Waals surface area contributed by atoms with Crippen molar-refractivity contribution in [1.29, 1.82) is 0 Å². The maximum absolute atomic E-state index is 12.6. The van der Waals surface area contributed by atoms with Gasteiger partial charge in [-0.1, -0.05) is 42.5 Å². The maximum atomic E-state index is 12.6. The van der Waals surface area contributed by atoms with Gasteiger partial charge < -0.3 is 4.74 Å². The summed E-state index contributed by atoms with van der Waals surface area (Å²) in [4.78, 5) is 24.5. The first-order valence-electron chi connectivity index (χ1n) is 8.98. The van der Waals surface area contributed by atoms with Crippen LogP contribution in [0.2, 0.25) is 0 Å². The van der Waals surface area contributed by atoms with E-state index in [1.807, 2.05) is 43.3 Å². The fraction of sp³-hybridized carbons (Fsp3) is 0.0909. The van der Waals surface area contributed by atoms with Crippen LogP contribution >= 0.6 is 0 Å². The van der Waals surface area contributed by atoms with E-state index in [0.29, 0.717) is 16.5 Å². The van der Waals surface area contributed by atoms with Crippen LogP contribution in [-0.2, 0) is 0 Å². The Hall–Kier alpha value is -4.00. The summed E-state index contributed by atoms with van der Waals surface area (Å²) in [5.74, 6) is 0.264. The number of nitrogens with zero attached hydrogens (tertiary/aromatic N) is 2. The molecular formula is C22H18N4O3. The largest absolute Gasteiger partial charge is 0.496 e. The fourth-order valence-corrected chi connectivity index (χ4v) is 3.30. The predicted octanol–water partition coefficient (Wildman–Crippen LogP) is 3.24. The lowest BCUT2D eigenvalue weighted by Crippen LogP contribution is -2.23. The number of carbonyl (C=O) groups is 1. The summed E-state index contributed by atoms with van der Waals surface area (Å²) in [7, 11) is 1.63. The molecule has 1 heterocycles. The maximum Gasteiger partial charge on any atom is 0.292 e. The minimum absolute atomic E-state index is 0.108. The van der Waals surface area contributed by atoms with Crippen LogP contribution in [0, 0.1) is 0 Å². The monoisotopic (exact) mass is 386 g/mol. The molecule has 144 valence electrons. The summed E-state index contributed by atoms with van der Waals surface area (Å²) in [5, 5.41) is 13.3. The molecule has 2 N–H and O–H groups in total. The number of hydrogen-bond donors (Lipinski definition) is 2. The van der Waals surface area contributed by atoms with Gasteiger partial charge in [0.25, 0.3) is 11.5 Å². The molecule has 3 aromatic carbocycles. The number of hydrogen-bond acceptors (Lipinski definition) is 5. The van der Waals surface area contributed by atoms with E-state index < -0.39 is 5.91 Å². The molecule has 0 fully saturated rings. The average Bonchev–Trinajstić information content (AvgIpc) is 2.77. The molecule has 0 aliphatic carbocycles. The highest BCUT2D eigenvalue weighted by Gasteiger charge is 2.14. The Balaban J connectivity index is 1.69. The van der Waals surface area contributed by atoms with Gasteiger partial charge in [-0.2, -0.15) is 10.2 Å². The molecule has 0 saturated carbocycles. The first kappa shape index (κ1) is 18.4. The van der Waals surface area contributed by atoms with Gasteiger partial charge in [-0.3, -0.25) is 9.59 Å². The molecule has 4 aromatic rings. The highest BCUT2D eigenvalue weighted by atomic mass is 16.5. The second kappa shape index (κ2) is 7.55. The number of methoxy groups -OCH3 is 1. The number of ether oxygens (including phenoxy) is 1. The number of H-pyrrole nitrogens is 1. The van der Waals surface area contributed by atoms with Gasteiger partial charge in [-0.05, 0) is 30.5 Å². The standard InChI is InChI=1S/C22H18N4O3/c1-13(14-11-12-19(29-2)16-8-4-3-7-15(14)16)23-26-22(28)20-17-9-5-6-10-18(17)21(27)25-24-20/h3-12H,1-2H3,(H,25,27)(H,26,28)/b23-13-. The van der Waals surface area contributed by atoms with Crippen molar-refractivity contribution in [2.45, 2.75) is 6.92 Å². The molecule has 7 heteroatoms. The second-order valence-electron chi connectivity index (χ2n) is 6.45. The third kappa shape index (κ3) is 3.34. The topological polar surface area (TPSA) is 96.4 Å². The minimum Gasteiger partial charge on any atom is -0.496 e. The number of rotatable bonds is 4. The van der Waals surface area contributed by atoms with Gasteiger partial charge in [0.15, 0.2) is 5.69 Å². The van der Waals surface area contributed by atoms with Gasteiger partial charge in [0, 0.05) is 16.3 Å². The van der Waals surface area contributed by atoms with Crippen molar-refractivity contribution < 1.29 is 9.53 Å². The van der Waals surface area contributed by atoms with Gasteiger partial charge in [0.1, 0.15) is 5.75 Å². The quantitative estimate of drug-likeness (QED) is 0.416. The molecule has 0 unspecified atom stereocenters. The molecule has 1 aromatic heterocycles. The zero-order valence-corrected chi connectivity index (χ0v) is 15.9. The smallest absolute Gasteiger partial charge is 0.292 e. The fourth-order valence-electron chi connectivity index (χ4n) is 3.30. The van der Waals surface area contributed by atoms with E-state index in [1.165, 1.54) is 0 Å². The van der Waals surface area contributed by atoms with E-state index in [0.717, 1.165) is 22.1 Å². The molecule has 7 nitrogen and oxygen atoms in total. The molecule has 0 bridgehead atoms. The Morgan fingerprint density at radius 1 is 0.966 bits per heavy atom. The van der Waals surface area contributed by atoms with Crippen molar-refractivity contribution in [2.24, 2.45) is 5.10 Å². The van der Waals surface area contributed by atoms with Gasteiger partial charge in [-0.25, -0.2) is 10.5 Å². The second-order valence-corrected chi connectivity index (χ2v) is 6.45. The van der Waals surface area contributed by atoms with Crippen LogP contribution in [0.25, 0.3) is 21.5 Å². The predicted molar refractivity (Wildman–Crippen MR) is 113 cm³/mol. The molecule has 0 saturated heterocycles. The lowest BCUT2D eigenvalue weighted by atomic mass is 10.0. The summed E-state index contributed by atoms with van der Waals surface area (Å²) in [6.07, 6.45) is 0. The van der Waals surface area contributed by atoms with Crippen molar-refractivity contribution >= 4 is 33.2 Å². The molecule has 4 rings (SSSR count). The summed E-state index contributed by atoms with van der Waals surface area (Å²) in [5.41, 5.74) is 3.80. The normalized spacial score (nSPS) is 11.6. The highest BCUT2D eigenvalue weighted by molar-refractivity contribution is 6.12. The number of amides is 1. The summed E-state index contributed by atoms with van der Waals surface area (Å²) >= 11 is 0. The van der Waals surface area contributed by atoms with Gasteiger partial charge in [0.05, 0.1) is 18.2 Å². The van der Waals surface area contributed by atoms with E-state index >= 15 is 0 Å². The van der Waals surface area contributed by atoms with Gasteiger partial charge in [-0.15, -0.1) is 0 Å². The minimum atomic E-state index is -0.505. The highest BCUT2D eigenvalue weighted by Crippen LogP contribution is 2.28. The number of nitrogens with one attached hydrogen (secondary N) is 2. The summed E-state index contributed by atoms with van der Waals surface area (Å²) in [6, 6.07) is 18.4. The average molecular weight is 386 g/mol. The zero-order chi connectivity index (χ0) is 20.4. The van der Waals surface area contributed by atoms with Crippen LogP contribution in [0.15, 0.2) is 70.6 Å². The zero-order valence-electron chi connectivity index (χ0n) is 15.9. The molecular weight excluding hydrogens is 368 g/mol. The van der Waals surface area contributed by atoms with Crippen LogP contribution < -0.4 is 15.7 Å². The van der Waals surface area contributed by atoms with E-state index in [-0.39, 0.29) is 11.3 Å². The first-order chi connectivity index (χ1) is 14.1. The van der Waals surface area contributed by atoms with Crippen LogP contribution in [-0.4, -0.2) is 28.9 Å². The number of hydrazone groups is 1. The number of aromatic amines is 1. The lowest BCUT2D eigenvalue weighted by Gasteiger charge is -2.10. The van der Waals surface area contributed by atoms with Crippen LogP contribution in [0.5, 0.6) is 5.75 Å². The number of benzene rings is 3. The third-order valence-electron chi connectivity index (χ3n) is 4.73. The number of aromatic nitrogens is 2. The van der Waals surface area contributed by atoms with Crippen molar-refractivity contribution in [2.75, 3.05) is 7.11 Å². The van der Waals surface area contributed by atoms with Crippen molar-refractivity contribution in [3.05, 3.63) is 82.3 Å². The van der Waals surface area contributed by atoms with Crippen molar-refractivity contribution in [1.82, 2.24) is 15.6 Å². The van der Waals surface area contributed by atoms with E-state index in [4.69, 9.17) is 4.74 Å². The molecule has 0 spiro atoms.